The Morgan fingerprint density at radius 1 is 0.679 bits per heavy atom. The molecule has 0 aliphatic heterocycles. The average molecular weight is 386 g/mol. The zero-order valence-electron chi connectivity index (χ0n) is 15.7. The van der Waals surface area contributed by atoms with Crippen LogP contribution in [0.5, 0.6) is 0 Å². The quantitative estimate of drug-likeness (QED) is 0.468. The van der Waals surface area contributed by atoms with Crippen LogP contribution in [0, 0.1) is 47.9 Å². The summed E-state index contributed by atoms with van der Waals surface area (Å²) >= 11 is 0. The highest BCUT2D eigenvalue weighted by atomic mass is 16.6. The highest BCUT2D eigenvalue weighted by molar-refractivity contribution is 6.44. The van der Waals surface area contributed by atoms with E-state index in [4.69, 9.17) is 0 Å². The Balaban J connectivity index is 2.22. The Labute approximate surface area is 159 Å². The van der Waals surface area contributed by atoms with Crippen molar-refractivity contribution in [3.05, 3.63) is 66.7 Å². The first-order valence-corrected chi connectivity index (χ1v) is 8.15. The summed E-state index contributed by atoms with van der Waals surface area (Å²) in [5.41, 5.74) is 2.15. The van der Waals surface area contributed by atoms with Crippen LogP contribution < -0.4 is 10.6 Å². The fraction of sp³-hybridized carbons (Fsp3) is 0.222. The van der Waals surface area contributed by atoms with Gasteiger partial charge in [-0.3, -0.25) is 29.8 Å². The first kappa shape index (κ1) is 20.5. The van der Waals surface area contributed by atoms with E-state index in [1.165, 1.54) is 24.3 Å². The normalized spacial score (nSPS) is 10.3. The molecule has 0 spiro atoms. The van der Waals surface area contributed by atoms with Crippen molar-refractivity contribution in [3.63, 3.8) is 0 Å². The molecule has 0 aliphatic rings. The maximum absolute atomic E-state index is 12.3. The predicted molar refractivity (Wildman–Crippen MR) is 102 cm³/mol. The number of nitrogens with zero attached hydrogens (tertiary/aromatic N) is 2. The van der Waals surface area contributed by atoms with Gasteiger partial charge in [0.2, 0.25) is 0 Å². The van der Waals surface area contributed by atoms with Crippen LogP contribution in [0.2, 0.25) is 0 Å². The summed E-state index contributed by atoms with van der Waals surface area (Å²) in [5, 5.41) is 26.7. The molecule has 146 valence electrons. The summed E-state index contributed by atoms with van der Waals surface area (Å²) in [5.74, 6) is -1.92. The number of nitrogens with one attached hydrogen (secondary N) is 2. The largest absolute Gasteiger partial charge is 0.317 e. The van der Waals surface area contributed by atoms with Crippen LogP contribution in [-0.2, 0) is 9.59 Å². The molecule has 0 radical (unpaired) electrons. The van der Waals surface area contributed by atoms with Gasteiger partial charge in [-0.2, -0.15) is 0 Å². The van der Waals surface area contributed by atoms with E-state index in [0.29, 0.717) is 33.6 Å². The van der Waals surface area contributed by atoms with E-state index in [-0.39, 0.29) is 11.4 Å². The van der Waals surface area contributed by atoms with Gasteiger partial charge in [-0.25, -0.2) is 0 Å². The van der Waals surface area contributed by atoms with E-state index >= 15 is 0 Å². The molecule has 2 aromatic rings. The lowest BCUT2D eigenvalue weighted by Gasteiger charge is -2.13. The summed E-state index contributed by atoms with van der Waals surface area (Å²) in [6, 6.07) is 5.19. The van der Waals surface area contributed by atoms with Crippen molar-refractivity contribution in [2.24, 2.45) is 0 Å². The molecule has 2 amide bonds. The van der Waals surface area contributed by atoms with E-state index in [1.807, 2.05) is 0 Å². The van der Waals surface area contributed by atoms with Crippen molar-refractivity contribution >= 4 is 34.6 Å². The summed E-state index contributed by atoms with van der Waals surface area (Å²) in [4.78, 5) is 45.2. The molecule has 0 saturated heterocycles. The number of nitro groups is 2. The Kier molecular flexibility index (Phi) is 5.73. The SMILES string of the molecule is Cc1cc([N+](=O)[O-])cc(C)c1NC(=O)C(=O)Nc1c(C)cc([N+](=O)[O-])cc1C. The predicted octanol–water partition coefficient (Wildman–Crippen LogP) is 3.31. The molecule has 0 heterocycles. The van der Waals surface area contributed by atoms with Gasteiger partial charge in [-0.15, -0.1) is 0 Å². The molecule has 0 unspecified atom stereocenters. The van der Waals surface area contributed by atoms with Gasteiger partial charge in [0, 0.05) is 35.6 Å². The van der Waals surface area contributed by atoms with Crippen LogP contribution in [0.25, 0.3) is 0 Å². The van der Waals surface area contributed by atoms with Gasteiger partial charge >= 0.3 is 11.8 Å². The molecule has 2 N–H and O–H groups in total. The summed E-state index contributed by atoms with van der Waals surface area (Å²) in [7, 11) is 0. The number of benzene rings is 2. The molecule has 2 rings (SSSR count). The number of aryl methyl sites for hydroxylation is 4. The third kappa shape index (κ3) is 4.29. The van der Waals surface area contributed by atoms with Crippen LogP contribution in [-0.4, -0.2) is 21.7 Å². The van der Waals surface area contributed by atoms with Gasteiger partial charge in [0.15, 0.2) is 0 Å². The smallest absolute Gasteiger partial charge is 0.314 e. The minimum atomic E-state index is -0.961. The molecule has 0 fully saturated rings. The summed E-state index contributed by atoms with van der Waals surface area (Å²) in [6.45, 7) is 6.33. The van der Waals surface area contributed by atoms with E-state index in [2.05, 4.69) is 10.6 Å². The number of hydrogen-bond acceptors (Lipinski definition) is 6. The van der Waals surface area contributed by atoms with E-state index in [9.17, 15) is 29.8 Å². The van der Waals surface area contributed by atoms with E-state index < -0.39 is 21.7 Å². The fourth-order valence-electron chi connectivity index (χ4n) is 2.83. The van der Waals surface area contributed by atoms with E-state index in [0.717, 1.165) is 0 Å². The van der Waals surface area contributed by atoms with Gasteiger partial charge in [0.1, 0.15) is 0 Å². The molecule has 0 aliphatic carbocycles. The molecule has 0 atom stereocenters. The van der Waals surface area contributed by atoms with Gasteiger partial charge in [0.25, 0.3) is 11.4 Å². The van der Waals surface area contributed by atoms with Crippen molar-refractivity contribution < 1.29 is 19.4 Å². The number of carbonyl (C=O) groups excluding carboxylic acids is 2. The lowest BCUT2D eigenvalue weighted by Crippen LogP contribution is -2.30. The number of amides is 2. The highest BCUT2D eigenvalue weighted by Crippen LogP contribution is 2.27. The van der Waals surface area contributed by atoms with Crippen molar-refractivity contribution in [1.29, 1.82) is 0 Å². The molecule has 0 aromatic heterocycles. The number of hydrogen-bond donors (Lipinski definition) is 2. The minimum absolute atomic E-state index is 0.116. The Morgan fingerprint density at radius 2 is 0.929 bits per heavy atom. The first-order chi connectivity index (χ1) is 13.0. The molecular weight excluding hydrogens is 368 g/mol. The lowest BCUT2D eigenvalue weighted by atomic mass is 10.1. The summed E-state index contributed by atoms with van der Waals surface area (Å²) < 4.78 is 0. The standard InChI is InChI=1S/C18H18N4O6/c1-9-5-13(21(25)26)6-10(2)15(9)19-17(23)18(24)20-16-11(3)7-14(22(27)28)8-12(16)4/h5-8H,1-4H3,(H,19,23)(H,20,24). The third-order valence-electron chi connectivity index (χ3n) is 4.14. The van der Waals surface area contributed by atoms with Gasteiger partial charge in [0.05, 0.1) is 9.85 Å². The van der Waals surface area contributed by atoms with Crippen molar-refractivity contribution in [3.8, 4) is 0 Å². The Bertz CT molecular complexity index is 888. The maximum atomic E-state index is 12.3. The van der Waals surface area contributed by atoms with Crippen LogP contribution in [0.1, 0.15) is 22.3 Å². The van der Waals surface area contributed by atoms with Gasteiger partial charge < -0.3 is 10.6 Å². The fourth-order valence-corrected chi connectivity index (χ4v) is 2.83. The molecule has 2 aromatic carbocycles. The molecule has 10 heteroatoms. The molecule has 0 bridgehead atoms. The van der Waals surface area contributed by atoms with Crippen LogP contribution in [0.4, 0.5) is 22.7 Å². The minimum Gasteiger partial charge on any atom is -0.317 e. The lowest BCUT2D eigenvalue weighted by molar-refractivity contribution is -0.385. The number of anilines is 2. The van der Waals surface area contributed by atoms with Crippen molar-refractivity contribution in [2.45, 2.75) is 27.7 Å². The topological polar surface area (TPSA) is 144 Å². The van der Waals surface area contributed by atoms with Gasteiger partial charge in [-0.05, 0) is 49.9 Å². The second-order valence-electron chi connectivity index (χ2n) is 6.33. The van der Waals surface area contributed by atoms with Gasteiger partial charge in [-0.1, -0.05) is 0 Å². The Hall–Kier alpha value is -3.82. The second-order valence-corrected chi connectivity index (χ2v) is 6.33. The molecule has 28 heavy (non-hydrogen) atoms. The summed E-state index contributed by atoms with van der Waals surface area (Å²) in [6.07, 6.45) is 0. The monoisotopic (exact) mass is 386 g/mol. The maximum Gasteiger partial charge on any atom is 0.314 e. The number of carbonyl (C=O) groups is 2. The van der Waals surface area contributed by atoms with Crippen molar-refractivity contribution in [2.75, 3.05) is 10.6 Å². The zero-order chi connectivity index (χ0) is 21.2. The van der Waals surface area contributed by atoms with Crippen molar-refractivity contribution in [1.82, 2.24) is 0 Å². The third-order valence-corrected chi connectivity index (χ3v) is 4.14. The van der Waals surface area contributed by atoms with Crippen LogP contribution >= 0.6 is 0 Å². The first-order valence-electron chi connectivity index (χ1n) is 8.15. The highest BCUT2D eigenvalue weighted by Gasteiger charge is 2.21. The zero-order valence-corrected chi connectivity index (χ0v) is 15.7. The Morgan fingerprint density at radius 3 is 1.14 bits per heavy atom. The number of nitro benzene ring substituents is 2. The average Bonchev–Trinajstić information content (AvgIpc) is 2.60. The molecular formula is C18H18N4O6. The van der Waals surface area contributed by atoms with E-state index in [1.54, 1.807) is 27.7 Å². The van der Waals surface area contributed by atoms with Crippen LogP contribution in [0.15, 0.2) is 24.3 Å². The molecule has 10 nitrogen and oxygen atoms in total. The number of rotatable bonds is 4. The molecule has 0 saturated carbocycles. The second kappa shape index (κ2) is 7.82. The van der Waals surface area contributed by atoms with Crippen LogP contribution in [0.3, 0.4) is 0 Å². The number of non-ortho nitro benzene ring substituents is 2.